The van der Waals surface area contributed by atoms with E-state index >= 15 is 0 Å². The third-order valence-corrected chi connectivity index (χ3v) is 4.11. The van der Waals surface area contributed by atoms with E-state index in [2.05, 4.69) is 13.8 Å². The Morgan fingerprint density at radius 2 is 2.12 bits per heavy atom. The van der Waals surface area contributed by atoms with Gasteiger partial charge in [0, 0.05) is 18.2 Å². The molecule has 0 bridgehead atoms. The molecule has 2 unspecified atom stereocenters. The standard InChI is InChI=1S/C14H19NOS/c1-11-4-3-5-12(2)15(11)14(16)7-6-13-8-9-17-10-13/h6-12H,3-5H2,1-2H3/b7-6+. The van der Waals surface area contributed by atoms with Crippen LogP contribution in [0, 0.1) is 0 Å². The first-order valence-corrected chi connectivity index (χ1v) is 7.15. The Kier molecular flexibility index (Phi) is 4.00. The summed E-state index contributed by atoms with van der Waals surface area (Å²) in [5, 5.41) is 4.07. The molecule has 0 spiro atoms. The van der Waals surface area contributed by atoms with Crippen LogP contribution in [0.1, 0.15) is 38.7 Å². The van der Waals surface area contributed by atoms with Crippen molar-refractivity contribution in [3.8, 4) is 0 Å². The van der Waals surface area contributed by atoms with Crippen LogP contribution < -0.4 is 0 Å². The van der Waals surface area contributed by atoms with Crippen LogP contribution in [-0.2, 0) is 4.79 Å². The van der Waals surface area contributed by atoms with E-state index in [0.29, 0.717) is 12.1 Å². The fraction of sp³-hybridized carbons (Fsp3) is 0.500. The highest BCUT2D eigenvalue weighted by Crippen LogP contribution is 2.23. The molecular weight excluding hydrogens is 230 g/mol. The third kappa shape index (κ3) is 2.97. The van der Waals surface area contributed by atoms with Crippen molar-refractivity contribution < 1.29 is 4.79 Å². The van der Waals surface area contributed by atoms with Gasteiger partial charge in [0.2, 0.25) is 5.91 Å². The topological polar surface area (TPSA) is 20.3 Å². The van der Waals surface area contributed by atoms with Crippen LogP contribution >= 0.6 is 11.3 Å². The minimum absolute atomic E-state index is 0.149. The van der Waals surface area contributed by atoms with Crippen molar-refractivity contribution in [1.29, 1.82) is 0 Å². The van der Waals surface area contributed by atoms with Gasteiger partial charge in [-0.2, -0.15) is 11.3 Å². The molecule has 17 heavy (non-hydrogen) atoms. The molecule has 1 saturated heterocycles. The van der Waals surface area contributed by atoms with Gasteiger partial charge in [-0.05, 0) is 61.6 Å². The van der Waals surface area contributed by atoms with Gasteiger partial charge in [0.15, 0.2) is 0 Å². The summed E-state index contributed by atoms with van der Waals surface area (Å²) in [6.45, 7) is 4.29. The predicted molar refractivity (Wildman–Crippen MR) is 73.0 cm³/mol. The second-order valence-electron chi connectivity index (χ2n) is 4.76. The van der Waals surface area contributed by atoms with Crippen LogP contribution in [0.5, 0.6) is 0 Å². The molecule has 0 saturated carbocycles. The van der Waals surface area contributed by atoms with Crippen molar-refractivity contribution in [2.45, 2.75) is 45.2 Å². The summed E-state index contributed by atoms with van der Waals surface area (Å²) < 4.78 is 0. The van der Waals surface area contributed by atoms with Crippen LogP contribution in [0.4, 0.5) is 0 Å². The fourth-order valence-corrected chi connectivity index (χ4v) is 3.11. The second-order valence-corrected chi connectivity index (χ2v) is 5.54. The predicted octanol–water partition coefficient (Wildman–Crippen LogP) is 3.55. The zero-order valence-electron chi connectivity index (χ0n) is 10.4. The molecule has 0 aromatic carbocycles. The van der Waals surface area contributed by atoms with Crippen LogP contribution in [0.2, 0.25) is 0 Å². The van der Waals surface area contributed by atoms with Crippen molar-refractivity contribution >= 4 is 23.3 Å². The summed E-state index contributed by atoms with van der Waals surface area (Å²) in [6.07, 6.45) is 7.11. The summed E-state index contributed by atoms with van der Waals surface area (Å²) in [6, 6.07) is 2.77. The number of hydrogen-bond acceptors (Lipinski definition) is 2. The molecule has 2 rings (SSSR count). The Morgan fingerprint density at radius 3 is 2.71 bits per heavy atom. The Bertz CT molecular complexity index is 386. The summed E-state index contributed by atoms with van der Waals surface area (Å²) in [4.78, 5) is 14.2. The molecule has 0 radical (unpaired) electrons. The number of nitrogens with zero attached hydrogens (tertiary/aromatic N) is 1. The smallest absolute Gasteiger partial charge is 0.247 e. The van der Waals surface area contributed by atoms with Gasteiger partial charge in [-0.1, -0.05) is 0 Å². The number of thiophene rings is 1. The maximum Gasteiger partial charge on any atom is 0.247 e. The van der Waals surface area contributed by atoms with Crippen molar-refractivity contribution in [1.82, 2.24) is 4.90 Å². The molecule has 1 fully saturated rings. The van der Waals surface area contributed by atoms with E-state index in [0.717, 1.165) is 18.4 Å². The Morgan fingerprint density at radius 1 is 1.41 bits per heavy atom. The van der Waals surface area contributed by atoms with Gasteiger partial charge in [0.25, 0.3) is 0 Å². The highest BCUT2D eigenvalue weighted by Gasteiger charge is 2.27. The lowest BCUT2D eigenvalue weighted by molar-refractivity contribution is -0.131. The van der Waals surface area contributed by atoms with Crippen LogP contribution in [0.3, 0.4) is 0 Å². The SMILES string of the molecule is CC1CCCC(C)N1C(=O)/C=C/c1ccsc1. The normalized spacial score (nSPS) is 25.4. The van der Waals surface area contributed by atoms with Crippen LogP contribution in [-0.4, -0.2) is 22.9 Å². The first-order chi connectivity index (χ1) is 8.18. The van der Waals surface area contributed by atoms with Crippen LogP contribution in [0.15, 0.2) is 22.9 Å². The molecule has 1 amide bonds. The van der Waals surface area contributed by atoms with Gasteiger partial charge in [-0.25, -0.2) is 0 Å². The fourth-order valence-electron chi connectivity index (χ4n) is 2.48. The molecule has 3 heteroatoms. The minimum Gasteiger partial charge on any atom is -0.334 e. The van der Waals surface area contributed by atoms with E-state index in [1.54, 1.807) is 17.4 Å². The van der Waals surface area contributed by atoms with E-state index in [1.807, 2.05) is 27.8 Å². The summed E-state index contributed by atoms with van der Waals surface area (Å²) in [5.74, 6) is 0.149. The highest BCUT2D eigenvalue weighted by molar-refractivity contribution is 7.08. The van der Waals surface area contributed by atoms with Crippen molar-refractivity contribution in [2.24, 2.45) is 0 Å². The Hall–Kier alpha value is -1.09. The van der Waals surface area contributed by atoms with Gasteiger partial charge in [0.1, 0.15) is 0 Å². The quantitative estimate of drug-likeness (QED) is 0.734. The monoisotopic (exact) mass is 249 g/mol. The van der Waals surface area contributed by atoms with E-state index in [9.17, 15) is 4.79 Å². The molecule has 1 aliphatic heterocycles. The molecule has 92 valence electrons. The van der Waals surface area contributed by atoms with Crippen molar-refractivity contribution in [2.75, 3.05) is 0 Å². The number of amides is 1. The Balaban J connectivity index is 2.03. The molecule has 0 aliphatic carbocycles. The van der Waals surface area contributed by atoms with Gasteiger partial charge < -0.3 is 4.90 Å². The summed E-state index contributed by atoms with van der Waals surface area (Å²) in [5.41, 5.74) is 1.11. The molecular formula is C14H19NOS. The zero-order chi connectivity index (χ0) is 12.3. The lowest BCUT2D eigenvalue weighted by atomic mass is 9.97. The van der Waals surface area contributed by atoms with Gasteiger partial charge in [0.05, 0.1) is 0 Å². The molecule has 1 aromatic heterocycles. The van der Waals surface area contributed by atoms with E-state index in [-0.39, 0.29) is 5.91 Å². The minimum atomic E-state index is 0.149. The van der Waals surface area contributed by atoms with Crippen molar-refractivity contribution in [3.63, 3.8) is 0 Å². The third-order valence-electron chi connectivity index (χ3n) is 3.41. The molecule has 2 nitrogen and oxygen atoms in total. The van der Waals surface area contributed by atoms with E-state index in [4.69, 9.17) is 0 Å². The maximum absolute atomic E-state index is 12.2. The lowest BCUT2D eigenvalue weighted by Gasteiger charge is -2.38. The number of carbonyl (C=O) groups excluding carboxylic acids is 1. The Labute approximate surface area is 107 Å². The number of hydrogen-bond donors (Lipinski definition) is 0. The summed E-state index contributed by atoms with van der Waals surface area (Å²) in [7, 11) is 0. The number of piperidine rings is 1. The second kappa shape index (κ2) is 5.50. The average Bonchev–Trinajstić information content (AvgIpc) is 2.79. The number of rotatable bonds is 2. The average molecular weight is 249 g/mol. The highest BCUT2D eigenvalue weighted by atomic mass is 32.1. The lowest BCUT2D eigenvalue weighted by Crippen LogP contribution is -2.46. The van der Waals surface area contributed by atoms with Gasteiger partial charge in [-0.3, -0.25) is 4.79 Å². The largest absolute Gasteiger partial charge is 0.334 e. The summed E-state index contributed by atoms with van der Waals surface area (Å²) >= 11 is 1.65. The van der Waals surface area contributed by atoms with Gasteiger partial charge in [-0.15, -0.1) is 0 Å². The van der Waals surface area contributed by atoms with E-state index in [1.165, 1.54) is 6.42 Å². The molecule has 0 N–H and O–H groups in total. The maximum atomic E-state index is 12.2. The molecule has 2 heterocycles. The zero-order valence-corrected chi connectivity index (χ0v) is 11.2. The number of likely N-dealkylation sites (tertiary alicyclic amines) is 1. The molecule has 1 aromatic rings. The first-order valence-electron chi connectivity index (χ1n) is 6.21. The molecule has 1 aliphatic rings. The molecule has 2 atom stereocenters. The van der Waals surface area contributed by atoms with Crippen molar-refractivity contribution in [3.05, 3.63) is 28.5 Å². The van der Waals surface area contributed by atoms with Crippen LogP contribution in [0.25, 0.3) is 6.08 Å². The first kappa shape index (κ1) is 12.4. The van der Waals surface area contributed by atoms with E-state index < -0.39 is 0 Å². The van der Waals surface area contributed by atoms with Gasteiger partial charge >= 0.3 is 0 Å². The number of carbonyl (C=O) groups is 1.